The van der Waals surface area contributed by atoms with Gasteiger partial charge in [-0.25, -0.2) is 0 Å². The molecule has 3 fully saturated rings. The van der Waals surface area contributed by atoms with Gasteiger partial charge in [-0.1, -0.05) is 36.0 Å². The molecule has 2 saturated carbocycles. The molecular weight excluding hydrogens is 600 g/mol. The van der Waals surface area contributed by atoms with Crippen molar-refractivity contribution in [3.05, 3.63) is 64.3 Å². The average molecular weight is 645 g/mol. The second-order valence-corrected chi connectivity index (χ2v) is 15.6. The maximum absolute atomic E-state index is 15.0. The van der Waals surface area contributed by atoms with Crippen LogP contribution in [0.4, 0.5) is 0 Å². The number of Topliss-reactive ketones (excluding diaryl/α,β-unsaturated/α-hetero) is 2. The van der Waals surface area contributed by atoms with Crippen LogP contribution >= 0.6 is 0 Å². The number of aliphatic hydroxyl groups excluding tert-OH is 1. The largest absolute Gasteiger partial charge is 0.507 e. The maximum Gasteiger partial charge on any atom is 0.310 e. The van der Waals surface area contributed by atoms with Gasteiger partial charge in [-0.15, -0.1) is 0 Å². The lowest BCUT2D eigenvalue weighted by molar-refractivity contribution is -0.160. The number of aromatic hydroxyl groups is 1. The van der Waals surface area contributed by atoms with E-state index in [1.807, 2.05) is 47.6 Å². The summed E-state index contributed by atoms with van der Waals surface area (Å²) in [5, 5.41) is 33.6. The molecule has 1 saturated heterocycles. The van der Waals surface area contributed by atoms with Crippen molar-refractivity contribution in [2.75, 3.05) is 0 Å². The van der Waals surface area contributed by atoms with Crippen molar-refractivity contribution in [1.29, 1.82) is 0 Å². The monoisotopic (exact) mass is 644 g/mol. The van der Waals surface area contributed by atoms with E-state index >= 15 is 0 Å². The van der Waals surface area contributed by atoms with Crippen LogP contribution in [0.3, 0.4) is 0 Å². The number of ether oxygens (including phenoxy) is 3. The molecular formula is C38H44O9. The molecule has 3 N–H and O–H groups in total. The molecule has 250 valence electrons. The minimum atomic E-state index is -1.77. The number of rotatable bonds is 6. The molecule has 4 unspecified atom stereocenters. The van der Waals surface area contributed by atoms with E-state index in [2.05, 4.69) is 6.58 Å². The van der Waals surface area contributed by atoms with E-state index in [9.17, 15) is 29.7 Å². The molecule has 1 spiro atoms. The number of carbonyl (C=O) groups excluding carboxylic acids is 2. The van der Waals surface area contributed by atoms with Gasteiger partial charge in [0.15, 0.2) is 22.8 Å². The van der Waals surface area contributed by atoms with Gasteiger partial charge in [-0.3, -0.25) is 14.4 Å². The number of phenols is 1. The van der Waals surface area contributed by atoms with Crippen molar-refractivity contribution in [3.63, 3.8) is 0 Å². The van der Waals surface area contributed by atoms with Gasteiger partial charge in [0.1, 0.15) is 34.5 Å². The van der Waals surface area contributed by atoms with Crippen LogP contribution in [0.25, 0.3) is 0 Å². The molecule has 9 atom stereocenters. The lowest BCUT2D eigenvalue weighted by atomic mass is 9.51. The molecule has 1 aromatic carbocycles. The quantitative estimate of drug-likeness (QED) is 0.330. The number of hydrogen-bond acceptors (Lipinski definition) is 8. The van der Waals surface area contributed by atoms with Crippen LogP contribution in [0.5, 0.6) is 17.2 Å². The molecule has 3 heterocycles. The first-order valence-electron chi connectivity index (χ1n) is 16.6. The first-order chi connectivity index (χ1) is 21.9. The Bertz CT molecular complexity index is 1760. The Morgan fingerprint density at radius 2 is 1.85 bits per heavy atom. The number of carboxylic acid groups (broad SMARTS) is 1. The first-order valence-corrected chi connectivity index (χ1v) is 16.6. The number of carbonyl (C=O) groups is 3. The fourth-order valence-corrected chi connectivity index (χ4v) is 9.46. The van der Waals surface area contributed by atoms with Gasteiger partial charge >= 0.3 is 5.97 Å². The van der Waals surface area contributed by atoms with E-state index in [0.29, 0.717) is 42.6 Å². The summed E-state index contributed by atoms with van der Waals surface area (Å²) in [7, 11) is 0. The molecule has 8 rings (SSSR count). The van der Waals surface area contributed by atoms with Crippen molar-refractivity contribution in [1.82, 2.24) is 0 Å². The third-order valence-electron chi connectivity index (χ3n) is 11.9. The molecule has 3 aliphatic heterocycles. The number of phenolic OH excluding ortho intramolecular Hbond substituents is 1. The summed E-state index contributed by atoms with van der Waals surface area (Å²) in [5.41, 5.74) is -2.20. The highest BCUT2D eigenvalue weighted by molar-refractivity contribution is 6.19. The molecule has 0 amide bonds. The highest BCUT2D eigenvalue weighted by atomic mass is 16.6. The average Bonchev–Trinajstić information content (AvgIpc) is 3.13. The third kappa shape index (κ3) is 3.93. The normalized spacial score (nSPS) is 37.6. The molecule has 9 heteroatoms. The molecule has 0 radical (unpaired) electrons. The number of carboxylic acids is 1. The van der Waals surface area contributed by atoms with Gasteiger partial charge in [0.05, 0.1) is 11.5 Å². The Hall–Kier alpha value is -3.69. The second-order valence-electron chi connectivity index (χ2n) is 15.6. The Morgan fingerprint density at radius 3 is 2.49 bits per heavy atom. The maximum atomic E-state index is 15.0. The fraction of sp³-hybridized carbons (Fsp3) is 0.553. The van der Waals surface area contributed by atoms with Crippen molar-refractivity contribution in [3.8, 4) is 17.2 Å². The highest BCUT2D eigenvalue weighted by Gasteiger charge is 2.81. The number of fused-ring (bicyclic) bond motifs is 5. The van der Waals surface area contributed by atoms with E-state index in [0.717, 1.165) is 11.1 Å². The van der Waals surface area contributed by atoms with E-state index in [4.69, 9.17) is 14.2 Å². The number of hydrogen-bond donors (Lipinski definition) is 3. The smallest absolute Gasteiger partial charge is 0.310 e. The lowest BCUT2D eigenvalue weighted by Gasteiger charge is -2.56. The predicted molar refractivity (Wildman–Crippen MR) is 173 cm³/mol. The van der Waals surface area contributed by atoms with Gasteiger partial charge in [0.25, 0.3) is 0 Å². The van der Waals surface area contributed by atoms with Gasteiger partial charge in [-0.05, 0) is 86.1 Å². The van der Waals surface area contributed by atoms with Crippen molar-refractivity contribution < 1.29 is 43.9 Å². The Kier molecular flexibility index (Phi) is 6.73. The number of allylic oxidation sites excluding steroid dienone is 4. The molecule has 1 aromatic rings. The Balaban J connectivity index is 1.54. The van der Waals surface area contributed by atoms with Gasteiger partial charge in [0, 0.05) is 34.5 Å². The standard InChI is InChI=1S/C38H44O9/c1-17(2)9-10-22-30-26(25-21(18(3)4)12-13-36(8,45-30)33(25)42)29(40)27-28(39)23-15-20-16-24-35(6,7)47-37(32(20)41,14-11-19(5)34(43)44)38(23,24)46-31(22)27/h9,11,14-15,19-21,24-25,33,40,42H,3,10,12-13,16H2,1-2,4-8H3,(H,43,44)/b14-11+/t19?,20-,21?,24?,25-,33?,36-,37+,38-/m1/s1. The van der Waals surface area contributed by atoms with Crippen molar-refractivity contribution in [2.24, 2.45) is 23.7 Å². The summed E-state index contributed by atoms with van der Waals surface area (Å²) >= 11 is 0. The van der Waals surface area contributed by atoms with E-state index in [1.165, 1.54) is 19.1 Å². The predicted octanol–water partition coefficient (Wildman–Crippen LogP) is 5.77. The van der Waals surface area contributed by atoms with Crippen LogP contribution in [-0.4, -0.2) is 61.4 Å². The summed E-state index contributed by atoms with van der Waals surface area (Å²) < 4.78 is 20.5. The van der Waals surface area contributed by atoms with Crippen LogP contribution in [0, 0.1) is 23.7 Å². The summed E-state index contributed by atoms with van der Waals surface area (Å²) in [6.07, 6.45) is 7.60. The minimum Gasteiger partial charge on any atom is -0.507 e. The fourth-order valence-electron chi connectivity index (χ4n) is 9.46. The van der Waals surface area contributed by atoms with Crippen molar-refractivity contribution in [2.45, 2.75) is 109 Å². The number of aliphatic hydroxyl groups is 1. The summed E-state index contributed by atoms with van der Waals surface area (Å²) in [6.45, 7) is 17.2. The van der Waals surface area contributed by atoms with Crippen molar-refractivity contribution >= 4 is 17.5 Å². The van der Waals surface area contributed by atoms with E-state index in [-0.39, 0.29) is 34.3 Å². The summed E-state index contributed by atoms with van der Waals surface area (Å²) in [6, 6.07) is 0. The zero-order chi connectivity index (χ0) is 34.2. The van der Waals surface area contributed by atoms with Crippen LogP contribution in [-0.2, 0) is 20.7 Å². The van der Waals surface area contributed by atoms with E-state index in [1.54, 1.807) is 6.08 Å². The first kappa shape index (κ1) is 31.9. The lowest BCUT2D eigenvalue weighted by Crippen LogP contribution is -2.71. The summed E-state index contributed by atoms with van der Waals surface area (Å²) in [5.74, 6) is -4.32. The second kappa shape index (κ2) is 9.92. The zero-order valence-electron chi connectivity index (χ0n) is 28.1. The van der Waals surface area contributed by atoms with Gasteiger partial charge in [0.2, 0.25) is 0 Å². The number of benzene rings is 1. The minimum absolute atomic E-state index is 0.0153. The summed E-state index contributed by atoms with van der Waals surface area (Å²) in [4.78, 5) is 41.1. The molecule has 0 aromatic heterocycles. The topological polar surface area (TPSA) is 140 Å². The zero-order valence-corrected chi connectivity index (χ0v) is 28.1. The number of aliphatic carboxylic acids is 1. The van der Waals surface area contributed by atoms with Gasteiger partial charge < -0.3 is 29.5 Å². The molecule has 7 aliphatic rings. The molecule has 47 heavy (non-hydrogen) atoms. The van der Waals surface area contributed by atoms with Crippen LogP contribution in [0.1, 0.15) is 95.1 Å². The SMILES string of the molecule is C=C(C)C1CC[C@@]2(C)Oc3c(CC=C(C)C)c4c(c(O)c3[C@@H]1C2O)C(=O)C1=C[C@@H]2CC3C(C)(C)O[C@@](/C=C/C(C)C(=O)O)(C2=O)[C@@]13O4. The van der Waals surface area contributed by atoms with Gasteiger partial charge in [-0.2, -0.15) is 0 Å². The Labute approximate surface area is 275 Å². The number of ketones is 2. The van der Waals surface area contributed by atoms with Crippen LogP contribution in [0.15, 0.2) is 47.6 Å². The van der Waals surface area contributed by atoms with Crippen LogP contribution < -0.4 is 9.47 Å². The van der Waals surface area contributed by atoms with Crippen LogP contribution in [0.2, 0.25) is 0 Å². The van der Waals surface area contributed by atoms with E-state index < -0.39 is 63.9 Å². The Morgan fingerprint density at radius 1 is 1.15 bits per heavy atom. The third-order valence-corrected chi connectivity index (χ3v) is 11.9. The molecule has 4 aliphatic carbocycles. The highest BCUT2D eigenvalue weighted by Crippen LogP contribution is 2.69. The molecule has 6 bridgehead atoms. The molecule has 9 nitrogen and oxygen atoms in total.